The van der Waals surface area contributed by atoms with Gasteiger partial charge in [-0.3, -0.25) is 14.6 Å². The number of carbonyl (C=O) groups is 2. The molecule has 1 aromatic heterocycles. The van der Waals surface area contributed by atoms with Crippen molar-refractivity contribution in [3.63, 3.8) is 0 Å². The van der Waals surface area contributed by atoms with Crippen LogP contribution in [0.4, 0.5) is 0 Å². The monoisotopic (exact) mass is 326 g/mol. The van der Waals surface area contributed by atoms with Crippen molar-refractivity contribution < 1.29 is 14.7 Å². The van der Waals surface area contributed by atoms with Gasteiger partial charge < -0.3 is 10.4 Å². The normalized spacial score (nSPS) is 15.3. The molecule has 24 heavy (non-hydrogen) atoms. The minimum Gasteiger partial charge on any atom is -0.481 e. The van der Waals surface area contributed by atoms with Crippen LogP contribution in [0.2, 0.25) is 0 Å². The minimum atomic E-state index is -0.916. The zero-order valence-corrected chi connectivity index (χ0v) is 14.2. The molecule has 3 rings (SSSR count). The van der Waals surface area contributed by atoms with Gasteiger partial charge in [-0.25, -0.2) is 0 Å². The molecule has 5 nitrogen and oxygen atoms in total. The maximum absolute atomic E-state index is 12.7. The van der Waals surface area contributed by atoms with Gasteiger partial charge in [0.15, 0.2) is 0 Å². The molecule has 1 fully saturated rings. The number of hydrogen-bond donors (Lipinski definition) is 2. The van der Waals surface area contributed by atoms with Crippen LogP contribution in [-0.2, 0) is 4.79 Å². The molecule has 0 bridgehead atoms. The smallest absolute Gasteiger partial charge is 0.308 e. The van der Waals surface area contributed by atoms with E-state index in [2.05, 4.69) is 11.4 Å². The van der Waals surface area contributed by atoms with Gasteiger partial charge in [0.05, 0.1) is 17.0 Å². The summed E-state index contributed by atoms with van der Waals surface area (Å²) >= 11 is 0. The van der Waals surface area contributed by atoms with E-state index < -0.39 is 11.9 Å². The molecule has 2 N–H and O–H groups in total. The van der Waals surface area contributed by atoms with Crippen molar-refractivity contribution in [2.75, 3.05) is 6.54 Å². The summed E-state index contributed by atoms with van der Waals surface area (Å²) in [6, 6.07) is 5.92. The highest BCUT2D eigenvalue weighted by Gasteiger charge is 2.27. The second-order valence-electron chi connectivity index (χ2n) is 6.80. The number of pyridine rings is 1. The van der Waals surface area contributed by atoms with Crippen molar-refractivity contribution in [3.05, 3.63) is 40.6 Å². The third kappa shape index (κ3) is 3.25. The average Bonchev–Trinajstić information content (AvgIpc) is 3.36. The van der Waals surface area contributed by atoms with E-state index in [-0.39, 0.29) is 12.5 Å². The van der Waals surface area contributed by atoms with E-state index in [4.69, 9.17) is 10.1 Å². The molecule has 1 amide bonds. The van der Waals surface area contributed by atoms with Gasteiger partial charge in [-0.1, -0.05) is 18.6 Å². The third-order valence-corrected chi connectivity index (χ3v) is 4.50. The van der Waals surface area contributed by atoms with Crippen molar-refractivity contribution >= 4 is 22.8 Å². The predicted molar refractivity (Wildman–Crippen MR) is 92.3 cm³/mol. The highest BCUT2D eigenvalue weighted by molar-refractivity contribution is 6.07. The van der Waals surface area contributed by atoms with Crippen LogP contribution >= 0.6 is 0 Å². The predicted octanol–water partition coefficient (Wildman–Crippen LogP) is 3.18. The first-order chi connectivity index (χ1) is 11.4. The molecule has 1 heterocycles. The molecule has 1 atom stereocenters. The molecule has 1 saturated carbocycles. The second-order valence-corrected chi connectivity index (χ2v) is 6.80. The number of carboxylic acid groups (broad SMARTS) is 1. The summed E-state index contributed by atoms with van der Waals surface area (Å²) in [5.74, 6) is -1.32. The van der Waals surface area contributed by atoms with Crippen molar-refractivity contribution in [1.29, 1.82) is 0 Å². The molecule has 1 aromatic carbocycles. The van der Waals surface area contributed by atoms with E-state index in [1.54, 1.807) is 6.92 Å². The molecular formula is C19H22N2O3. The Morgan fingerprint density at radius 1 is 1.29 bits per heavy atom. The Morgan fingerprint density at radius 3 is 2.62 bits per heavy atom. The number of amides is 1. The quantitative estimate of drug-likeness (QED) is 0.884. The number of benzene rings is 1. The fourth-order valence-electron chi connectivity index (χ4n) is 2.91. The summed E-state index contributed by atoms with van der Waals surface area (Å²) in [6.45, 7) is 5.70. The summed E-state index contributed by atoms with van der Waals surface area (Å²) < 4.78 is 0. The Labute approximate surface area is 141 Å². The lowest BCUT2D eigenvalue weighted by atomic mass is 10.00. The highest BCUT2D eigenvalue weighted by atomic mass is 16.4. The number of aromatic nitrogens is 1. The van der Waals surface area contributed by atoms with Crippen molar-refractivity contribution in [1.82, 2.24) is 10.3 Å². The lowest BCUT2D eigenvalue weighted by Crippen LogP contribution is -2.31. The summed E-state index contributed by atoms with van der Waals surface area (Å²) in [4.78, 5) is 28.4. The SMILES string of the molecule is Cc1cc(C)c2nc(C3CC3)cc(C(=O)NCC(C)C(=O)O)c2c1. The van der Waals surface area contributed by atoms with Gasteiger partial charge >= 0.3 is 5.97 Å². The number of carboxylic acids is 1. The zero-order chi connectivity index (χ0) is 17.4. The maximum Gasteiger partial charge on any atom is 0.308 e. The molecule has 0 spiro atoms. The van der Waals surface area contributed by atoms with Crippen LogP contribution < -0.4 is 5.32 Å². The maximum atomic E-state index is 12.7. The Bertz CT molecular complexity index is 825. The Morgan fingerprint density at radius 2 is 2.00 bits per heavy atom. The number of carbonyl (C=O) groups excluding carboxylic acids is 1. The number of fused-ring (bicyclic) bond motifs is 1. The van der Waals surface area contributed by atoms with Gasteiger partial charge in [0.25, 0.3) is 5.91 Å². The number of aliphatic carboxylic acids is 1. The van der Waals surface area contributed by atoms with Crippen molar-refractivity contribution in [2.45, 2.75) is 39.5 Å². The number of rotatable bonds is 5. The molecule has 0 saturated heterocycles. The van der Waals surface area contributed by atoms with Crippen LogP contribution in [-0.4, -0.2) is 28.5 Å². The van der Waals surface area contributed by atoms with E-state index in [1.807, 2.05) is 26.0 Å². The lowest BCUT2D eigenvalue weighted by molar-refractivity contribution is -0.140. The molecule has 5 heteroatoms. The van der Waals surface area contributed by atoms with E-state index in [9.17, 15) is 9.59 Å². The van der Waals surface area contributed by atoms with Gasteiger partial charge in [-0.2, -0.15) is 0 Å². The average molecular weight is 326 g/mol. The number of nitrogens with zero attached hydrogens (tertiary/aromatic N) is 1. The molecule has 126 valence electrons. The summed E-state index contributed by atoms with van der Waals surface area (Å²) in [7, 11) is 0. The molecule has 1 aliphatic rings. The van der Waals surface area contributed by atoms with E-state index in [0.29, 0.717) is 11.5 Å². The van der Waals surface area contributed by atoms with Crippen molar-refractivity contribution in [3.8, 4) is 0 Å². The highest BCUT2D eigenvalue weighted by Crippen LogP contribution is 2.40. The first-order valence-electron chi connectivity index (χ1n) is 8.29. The standard InChI is InChI=1S/C19H22N2O3/c1-10-6-11(2)17-14(7-10)15(8-16(21-17)13-4-5-13)18(22)20-9-12(3)19(23)24/h6-8,12-13H,4-5,9H2,1-3H3,(H,20,22)(H,23,24). The van der Waals surface area contributed by atoms with Gasteiger partial charge in [0.2, 0.25) is 0 Å². The Hall–Kier alpha value is -2.43. The number of nitrogens with one attached hydrogen (secondary N) is 1. The Kier molecular flexibility index (Phi) is 4.26. The van der Waals surface area contributed by atoms with Crippen LogP contribution in [0.15, 0.2) is 18.2 Å². The topological polar surface area (TPSA) is 79.3 Å². The van der Waals surface area contributed by atoms with Gasteiger partial charge in [0, 0.05) is 23.5 Å². The van der Waals surface area contributed by atoms with Crippen molar-refractivity contribution in [2.24, 2.45) is 5.92 Å². The minimum absolute atomic E-state index is 0.113. The summed E-state index contributed by atoms with van der Waals surface area (Å²) in [5.41, 5.74) is 4.55. The van der Waals surface area contributed by atoms with Crippen LogP contribution in [0.5, 0.6) is 0 Å². The van der Waals surface area contributed by atoms with Crippen LogP contribution in [0.3, 0.4) is 0 Å². The first-order valence-corrected chi connectivity index (χ1v) is 8.29. The van der Waals surface area contributed by atoms with E-state index in [1.165, 1.54) is 0 Å². The van der Waals surface area contributed by atoms with Crippen LogP contribution in [0, 0.1) is 19.8 Å². The third-order valence-electron chi connectivity index (χ3n) is 4.50. The second kappa shape index (κ2) is 6.23. The van der Waals surface area contributed by atoms with Crippen LogP contribution in [0.1, 0.15) is 52.9 Å². The lowest BCUT2D eigenvalue weighted by Gasteiger charge is -2.13. The Balaban J connectivity index is 2.01. The molecular weight excluding hydrogens is 304 g/mol. The molecule has 1 aliphatic carbocycles. The van der Waals surface area contributed by atoms with Gasteiger partial charge in [0.1, 0.15) is 0 Å². The molecule has 0 radical (unpaired) electrons. The summed E-state index contributed by atoms with van der Waals surface area (Å²) in [5, 5.41) is 12.6. The fraction of sp³-hybridized carbons (Fsp3) is 0.421. The van der Waals surface area contributed by atoms with E-state index >= 15 is 0 Å². The van der Waals surface area contributed by atoms with Gasteiger partial charge in [-0.05, 0) is 44.4 Å². The first kappa shape index (κ1) is 16.4. The van der Waals surface area contributed by atoms with Crippen LogP contribution in [0.25, 0.3) is 10.9 Å². The zero-order valence-electron chi connectivity index (χ0n) is 14.2. The van der Waals surface area contributed by atoms with E-state index in [0.717, 1.165) is 40.6 Å². The molecule has 0 aliphatic heterocycles. The van der Waals surface area contributed by atoms with Gasteiger partial charge in [-0.15, -0.1) is 0 Å². The molecule has 2 aromatic rings. The largest absolute Gasteiger partial charge is 0.481 e. The number of hydrogen-bond acceptors (Lipinski definition) is 3. The molecule has 1 unspecified atom stereocenters. The summed E-state index contributed by atoms with van der Waals surface area (Å²) in [6.07, 6.45) is 2.22. The fourth-order valence-corrected chi connectivity index (χ4v) is 2.91. The number of aryl methyl sites for hydroxylation is 2.